The van der Waals surface area contributed by atoms with Gasteiger partial charge in [0, 0.05) is 18.1 Å². The Bertz CT molecular complexity index is 462. The van der Waals surface area contributed by atoms with Crippen LogP contribution in [0.4, 0.5) is 0 Å². The van der Waals surface area contributed by atoms with Crippen molar-refractivity contribution in [2.75, 3.05) is 5.75 Å². The largest absolute Gasteiger partial charge is 0.389 e. The van der Waals surface area contributed by atoms with Crippen LogP contribution in [0.1, 0.15) is 26.7 Å². The molecule has 0 bridgehead atoms. The minimum Gasteiger partial charge on any atom is -0.389 e. The molecule has 0 fully saturated rings. The Morgan fingerprint density at radius 2 is 2.18 bits per heavy atom. The molecule has 1 N–H and O–H groups in total. The first-order valence-electron chi connectivity index (χ1n) is 5.69. The fourth-order valence-electron chi connectivity index (χ4n) is 1.43. The Kier molecular flexibility index (Phi) is 3.63. The maximum atomic E-state index is 10.2. The lowest BCUT2D eigenvalue weighted by atomic mass is 10.0. The van der Waals surface area contributed by atoms with Crippen molar-refractivity contribution in [1.29, 1.82) is 0 Å². The van der Waals surface area contributed by atoms with Gasteiger partial charge >= 0.3 is 0 Å². The van der Waals surface area contributed by atoms with E-state index in [1.54, 1.807) is 10.7 Å². The van der Waals surface area contributed by atoms with Gasteiger partial charge < -0.3 is 5.11 Å². The summed E-state index contributed by atoms with van der Waals surface area (Å²) in [5.74, 6) is 1.20. The van der Waals surface area contributed by atoms with Gasteiger partial charge in [0.05, 0.1) is 5.60 Å². The van der Waals surface area contributed by atoms with E-state index in [1.807, 2.05) is 26.1 Å². The summed E-state index contributed by atoms with van der Waals surface area (Å²) in [4.78, 5) is 8.38. The van der Waals surface area contributed by atoms with Crippen molar-refractivity contribution >= 4 is 17.5 Å². The normalized spacial score (nSPS) is 12.2. The second kappa shape index (κ2) is 5.01. The zero-order valence-electron chi connectivity index (χ0n) is 10.00. The molecule has 0 unspecified atom stereocenters. The van der Waals surface area contributed by atoms with E-state index < -0.39 is 5.60 Å². The first kappa shape index (κ1) is 12.3. The highest BCUT2D eigenvalue weighted by Crippen LogP contribution is 2.24. The van der Waals surface area contributed by atoms with Crippen molar-refractivity contribution < 1.29 is 5.11 Å². The number of thioether (sulfide) groups is 1. The van der Waals surface area contributed by atoms with Crippen LogP contribution in [-0.2, 0) is 0 Å². The summed E-state index contributed by atoms with van der Waals surface area (Å²) in [5, 5.41) is 15.1. The molecule has 0 aromatic carbocycles. The maximum absolute atomic E-state index is 10.2. The number of hydrogen-bond donors (Lipinski definition) is 1. The molecule has 2 aromatic heterocycles. The van der Waals surface area contributed by atoms with Gasteiger partial charge in [-0.3, -0.25) is 0 Å². The van der Waals surface area contributed by atoms with Crippen LogP contribution < -0.4 is 0 Å². The van der Waals surface area contributed by atoms with Crippen LogP contribution in [-0.4, -0.2) is 36.0 Å². The number of aromatic nitrogens is 4. The van der Waals surface area contributed by atoms with Gasteiger partial charge in [0.1, 0.15) is 0 Å². The Labute approximate surface area is 104 Å². The molecule has 0 radical (unpaired) electrons. The molecule has 0 amide bonds. The Morgan fingerprint density at radius 1 is 1.41 bits per heavy atom. The quantitative estimate of drug-likeness (QED) is 0.822. The van der Waals surface area contributed by atoms with Crippen LogP contribution in [0, 0.1) is 0 Å². The Morgan fingerprint density at radius 3 is 2.82 bits per heavy atom. The molecule has 0 saturated carbocycles. The van der Waals surface area contributed by atoms with Crippen LogP contribution in [0.2, 0.25) is 0 Å². The van der Waals surface area contributed by atoms with E-state index >= 15 is 0 Å². The summed E-state index contributed by atoms with van der Waals surface area (Å²) in [5.41, 5.74) is -0.629. The van der Waals surface area contributed by atoms with E-state index in [1.165, 1.54) is 11.8 Å². The van der Waals surface area contributed by atoms with E-state index in [4.69, 9.17) is 0 Å². The van der Waals surface area contributed by atoms with E-state index in [2.05, 4.69) is 15.1 Å². The molecule has 2 rings (SSSR count). The molecule has 0 aliphatic heterocycles. The van der Waals surface area contributed by atoms with Crippen molar-refractivity contribution in [2.24, 2.45) is 0 Å². The minimum atomic E-state index is -0.629. The fraction of sp³-hybridized carbons (Fsp3) is 0.545. The van der Waals surface area contributed by atoms with E-state index in [-0.39, 0.29) is 0 Å². The van der Waals surface area contributed by atoms with Crippen molar-refractivity contribution in [3.63, 3.8) is 0 Å². The lowest BCUT2D eigenvalue weighted by Crippen LogP contribution is -2.29. The van der Waals surface area contributed by atoms with E-state index in [0.717, 1.165) is 12.8 Å². The summed E-state index contributed by atoms with van der Waals surface area (Å²) >= 11 is 1.47. The topological polar surface area (TPSA) is 63.3 Å². The molecule has 0 aliphatic rings. The van der Waals surface area contributed by atoms with Crippen molar-refractivity contribution in [3.05, 3.63) is 18.5 Å². The van der Waals surface area contributed by atoms with Crippen molar-refractivity contribution in [3.8, 4) is 0 Å². The van der Waals surface area contributed by atoms with Gasteiger partial charge in [0.25, 0.3) is 5.78 Å². The molecule has 2 heterocycles. The average Bonchev–Trinajstić information content (AvgIpc) is 2.79. The first-order valence-corrected chi connectivity index (χ1v) is 6.68. The molecule has 0 atom stereocenters. The molecular weight excluding hydrogens is 236 g/mol. The summed E-state index contributed by atoms with van der Waals surface area (Å²) in [6.07, 6.45) is 4.97. The monoisotopic (exact) mass is 252 g/mol. The third-order valence-electron chi connectivity index (χ3n) is 2.88. The minimum absolute atomic E-state index is 0.589. The van der Waals surface area contributed by atoms with Gasteiger partial charge in [-0.05, 0) is 18.9 Å². The van der Waals surface area contributed by atoms with Crippen LogP contribution in [0.25, 0.3) is 5.78 Å². The Balaban J connectivity index is 2.09. The number of fused-ring (bicyclic) bond motifs is 1. The molecule has 0 aliphatic carbocycles. The fourth-order valence-corrected chi connectivity index (χ4v) is 2.53. The SMILES string of the molecule is CCC(O)(CC)CSc1nc2ncccn2n1. The summed E-state index contributed by atoms with van der Waals surface area (Å²) in [6, 6.07) is 1.81. The molecule has 6 heteroatoms. The molecule has 0 spiro atoms. The lowest BCUT2D eigenvalue weighted by Gasteiger charge is -2.23. The summed E-state index contributed by atoms with van der Waals surface area (Å²) in [6.45, 7) is 3.98. The Hall–Kier alpha value is -1.14. The summed E-state index contributed by atoms with van der Waals surface area (Å²) in [7, 11) is 0. The van der Waals surface area contributed by atoms with Gasteiger partial charge in [-0.1, -0.05) is 25.6 Å². The number of rotatable bonds is 5. The molecule has 0 saturated heterocycles. The first-order chi connectivity index (χ1) is 8.17. The van der Waals surface area contributed by atoms with E-state index in [0.29, 0.717) is 16.7 Å². The highest BCUT2D eigenvalue weighted by atomic mass is 32.2. The third-order valence-corrected chi connectivity index (χ3v) is 4.00. The highest BCUT2D eigenvalue weighted by Gasteiger charge is 2.23. The number of nitrogens with zero attached hydrogens (tertiary/aromatic N) is 4. The smallest absolute Gasteiger partial charge is 0.253 e. The predicted octanol–water partition coefficient (Wildman–Crippen LogP) is 1.77. The van der Waals surface area contributed by atoms with Gasteiger partial charge in [-0.15, -0.1) is 5.10 Å². The van der Waals surface area contributed by atoms with Gasteiger partial charge in [-0.2, -0.15) is 4.98 Å². The van der Waals surface area contributed by atoms with Gasteiger partial charge in [-0.25, -0.2) is 9.50 Å². The molecule has 2 aromatic rings. The van der Waals surface area contributed by atoms with Crippen LogP contribution >= 0.6 is 11.8 Å². The summed E-state index contributed by atoms with van der Waals surface area (Å²) < 4.78 is 1.64. The highest BCUT2D eigenvalue weighted by molar-refractivity contribution is 7.99. The van der Waals surface area contributed by atoms with Gasteiger partial charge in [0.15, 0.2) is 0 Å². The zero-order valence-corrected chi connectivity index (χ0v) is 10.8. The second-order valence-electron chi connectivity index (χ2n) is 3.98. The van der Waals surface area contributed by atoms with Crippen molar-refractivity contribution in [1.82, 2.24) is 19.6 Å². The maximum Gasteiger partial charge on any atom is 0.253 e. The second-order valence-corrected chi connectivity index (χ2v) is 4.92. The molecular formula is C11H16N4OS. The molecule has 17 heavy (non-hydrogen) atoms. The number of aliphatic hydroxyl groups is 1. The molecule has 5 nitrogen and oxygen atoms in total. The van der Waals surface area contributed by atoms with E-state index in [9.17, 15) is 5.11 Å². The lowest BCUT2D eigenvalue weighted by molar-refractivity contribution is 0.0571. The third kappa shape index (κ3) is 2.76. The average molecular weight is 252 g/mol. The molecule has 92 valence electrons. The van der Waals surface area contributed by atoms with Crippen molar-refractivity contribution in [2.45, 2.75) is 37.4 Å². The van der Waals surface area contributed by atoms with Crippen LogP contribution in [0.5, 0.6) is 0 Å². The van der Waals surface area contributed by atoms with Crippen LogP contribution in [0.3, 0.4) is 0 Å². The van der Waals surface area contributed by atoms with Gasteiger partial charge in [0.2, 0.25) is 5.16 Å². The standard InChI is InChI=1S/C11H16N4OS/c1-3-11(16,4-2)8-17-10-13-9-12-6-5-7-15(9)14-10/h5-7,16H,3-4,8H2,1-2H3. The van der Waals surface area contributed by atoms with Crippen LogP contribution in [0.15, 0.2) is 23.6 Å². The number of hydrogen-bond acceptors (Lipinski definition) is 5. The zero-order chi connectivity index (χ0) is 12.3. The predicted molar refractivity (Wildman–Crippen MR) is 67.0 cm³/mol.